The van der Waals surface area contributed by atoms with E-state index in [0.717, 1.165) is 5.56 Å². The van der Waals surface area contributed by atoms with E-state index in [1.807, 2.05) is 12.1 Å². The van der Waals surface area contributed by atoms with E-state index in [-0.39, 0.29) is 6.10 Å². The average Bonchev–Trinajstić information content (AvgIpc) is 2.19. The predicted octanol–water partition coefficient (Wildman–Crippen LogP) is 3.48. The number of anilines is 1. The van der Waals surface area contributed by atoms with Gasteiger partial charge in [-0.15, -0.1) is 0 Å². The number of hydrogen-bond donors (Lipinski definition) is 1. The average molecular weight is 228 g/mol. The molecule has 2 N–H and O–H groups in total. The molecule has 1 atom stereocenters. The molecule has 0 aromatic heterocycles. The lowest BCUT2D eigenvalue weighted by atomic mass is 10.1. The Balaban J connectivity index is 2.55. The lowest BCUT2D eigenvalue weighted by molar-refractivity contribution is 0.0235. The van der Waals surface area contributed by atoms with Gasteiger partial charge in [-0.2, -0.15) is 0 Å². The van der Waals surface area contributed by atoms with Gasteiger partial charge in [-0.05, 0) is 30.5 Å². The Labute approximate surface area is 96.4 Å². The van der Waals surface area contributed by atoms with Crippen molar-refractivity contribution in [1.82, 2.24) is 0 Å². The maximum Gasteiger partial charge on any atom is 0.0721 e. The second-order valence-corrected chi connectivity index (χ2v) is 4.52. The molecule has 1 aromatic carbocycles. The normalized spacial score (nSPS) is 13.1. The van der Waals surface area contributed by atoms with Gasteiger partial charge in [0.1, 0.15) is 0 Å². The van der Waals surface area contributed by atoms with Crippen LogP contribution >= 0.6 is 11.6 Å². The van der Waals surface area contributed by atoms with E-state index in [0.29, 0.717) is 23.2 Å². The largest absolute Gasteiger partial charge is 0.398 e. The number of nitrogen functional groups attached to an aromatic ring is 1. The highest BCUT2D eigenvalue weighted by atomic mass is 35.5. The van der Waals surface area contributed by atoms with Crippen molar-refractivity contribution >= 4 is 17.3 Å². The zero-order chi connectivity index (χ0) is 11.4. The van der Waals surface area contributed by atoms with Crippen LogP contribution in [-0.2, 0) is 11.3 Å². The molecule has 0 spiro atoms. The Morgan fingerprint density at radius 3 is 2.53 bits per heavy atom. The van der Waals surface area contributed by atoms with Crippen LogP contribution in [0, 0.1) is 5.92 Å². The van der Waals surface area contributed by atoms with Crippen LogP contribution in [0.3, 0.4) is 0 Å². The Morgan fingerprint density at radius 1 is 1.33 bits per heavy atom. The molecule has 1 rings (SSSR count). The zero-order valence-corrected chi connectivity index (χ0v) is 10.2. The fraction of sp³-hybridized carbons (Fsp3) is 0.500. The molecule has 3 heteroatoms. The minimum Gasteiger partial charge on any atom is -0.398 e. The van der Waals surface area contributed by atoms with Crippen LogP contribution in [0.5, 0.6) is 0 Å². The summed E-state index contributed by atoms with van der Waals surface area (Å²) in [6, 6.07) is 5.59. The summed E-state index contributed by atoms with van der Waals surface area (Å²) in [5.74, 6) is 0.523. The van der Waals surface area contributed by atoms with Crippen LogP contribution in [0.25, 0.3) is 0 Å². The molecule has 15 heavy (non-hydrogen) atoms. The molecule has 1 aromatic rings. The van der Waals surface area contributed by atoms with Gasteiger partial charge < -0.3 is 10.5 Å². The number of rotatable bonds is 4. The van der Waals surface area contributed by atoms with Gasteiger partial charge >= 0.3 is 0 Å². The number of halogens is 1. The SMILES string of the molecule is CC(C)C(C)OCc1ccc(Cl)c(N)c1. The molecule has 0 fully saturated rings. The fourth-order valence-electron chi connectivity index (χ4n) is 1.10. The van der Waals surface area contributed by atoms with Gasteiger partial charge in [0, 0.05) is 0 Å². The van der Waals surface area contributed by atoms with E-state index in [1.54, 1.807) is 6.07 Å². The lowest BCUT2D eigenvalue weighted by Crippen LogP contribution is -2.15. The highest BCUT2D eigenvalue weighted by molar-refractivity contribution is 6.33. The highest BCUT2D eigenvalue weighted by Crippen LogP contribution is 2.20. The third-order valence-electron chi connectivity index (χ3n) is 2.51. The Kier molecular flexibility index (Phi) is 4.43. The molecule has 0 bridgehead atoms. The fourth-order valence-corrected chi connectivity index (χ4v) is 1.22. The van der Waals surface area contributed by atoms with Crippen LogP contribution in [-0.4, -0.2) is 6.10 Å². The third kappa shape index (κ3) is 3.73. The quantitative estimate of drug-likeness (QED) is 0.800. The van der Waals surface area contributed by atoms with E-state index in [2.05, 4.69) is 20.8 Å². The second-order valence-electron chi connectivity index (χ2n) is 4.12. The van der Waals surface area contributed by atoms with E-state index < -0.39 is 0 Å². The van der Waals surface area contributed by atoms with E-state index in [1.165, 1.54) is 0 Å². The first kappa shape index (κ1) is 12.3. The van der Waals surface area contributed by atoms with Crippen molar-refractivity contribution < 1.29 is 4.74 Å². The van der Waals surface area contributed by atoms with Crippen molar-refractivity contribution in [1.29, 1.82) is 0 Å². The molecule has 1 unspecified atom stereocenters. The Morgan fingerprint density at radius 2 is 2.00 bits per heavy atom. The summed E-state index contributed by atoms with van der Waals surface area (Å²) >= 11 is 5.83. The van der Waals surface area contributed by atoms with Crippen molar-refractivity contribution in [2.24, 2.45) is 5.92 Å². The molecule has 0 heterocycles. The molecule has 0 radical (unpaired) electrons. The molecule has 0 aliphatic heterocycles. The van der Waals surface area contributed by atoms with Gasteiger partial charge in [-0.3, -0.25) is 0 Å². The van der Waals surface area contributed by atoms with E-state index in [9.17, 15) is 0 Å². The van der Waals surface area contributed by atoms with Crippen LogP contribution in [0.1, 0.15) is 26.3 Å². The maximum absolute atomic E-state index is 5.83. The zero-order valence-electron chi connectivity index (χ0n) is 9.46. The van der Waals surface area contributed by atoms with Crippen molar-refractivity contribution in [2.75, 3.05) is 5.73 Å². The van der Waals surface area contributed by atoms with Gasteiger partial charge in [0.15, 0.2) is 0 Å². The Hall–Kier alpha value is -0.730. The maximum atomic E-state index is 5.83. The summed E-state index contributed by atoms with van der Waals surface area (Å²) < 4.78 is 5.69. The first-order valence-corrected chi connectivity index (χ1v) is 5.54. The summed E-state index contributed by atoms with van der Waals surface area (Å²) in [5, 5.41) is 0.593. The summed E-state index contributed by atoms with van der Waals surface area (Å²) in [7, 11) is 0. The second kappa shape index (κ2) is 5.38. The first-order valence-electron chi connectivity index (χ1n) is 5.16. The monoisotopic (exact) mass is 227 g/mol. The molecule has 0 amide bonds. The van der Waals surface area contributed by atoms with Crippen molar-refractivity contribution in [2.45, 2.75) is 33.5 Å². The van der Waals surface area contributed by atoms with Crippen LogP contribution < -0.4 is 5.73 Å². The highest BCUT2D eigenvalue weighted by Gasteiger charge is 2.07. The molecule has 84 valence electrons. The topological polar surface area (TPSA) is 35.2 Å². The molecule has 0 saturated heterocycles. The number of benzene rings is 1. The molecule has 0 aliphatic carbocycles. The van der Waals surface area contributed by atoms with E-state index in [4.69, 9.17) is 22.1 Å². The first-order chi connectivity index (χ1) is 7.00. The number of hydrogen-bond acceptors (Lipinski definition) is 2. The summed E-state index contributed by atoms with van der Waals surface area (Å²) in [6.45, 7) is 6.94. The minimum atomic E-state index is 0.252. The van der Waals surface area contributed by atoms with Crippen LogP contribution in [0.15, 0.2) is 18.2 Å². The van der Waals surface area contributed by atoms with E-state index >= 15 is 0 Å². The molecular weight excluding hydrogens is 210 g/mol. The molecular formula is C12H18ClNO. The van der Waals surface area contributed by atoms with Gasteiger partial charge in [0.25, 0.3) is 0 Å². The van der Waals surface area contributed by atoms with Crippen molar-refractivity contribution in [3.63, 3.8) is 0 Å². The predicted molar refractivity (Wildman–Crippen MR) is 65.0 cm³/mol. The van der Waals surface area contributed by atoms with Gasteiger partial charge in [0.2, 0.25) is 0 Å². The van der Waals surface area contributed by atoms with Gasteiger partial charge in [0.05, 0.1) is 23.4 Å². The molecule has 2 nitrogen and oxygen atoms in total. The summed E-state index contributed by atoms with van der Waals surface area (Å²) in [4.78, 5) is 0. The Bertz CT molecular complexity index is 325. The summed E-state index contributed by atoms with van der Waals surface area (Å²) in [5.41, 5.74) is 7.37. The standard InChI is InChI=1S/C12H18ClNO/c1-8(2)9(3)15-7-10-4-5-11(13)12(14)6-10/h4-6,8-9H,7,14H2,1-3H3. The van der Waals surface area contributed by atoms with Crippen molar-refractivity contribution in [3.05, 3.63) is 28.8 Å². The smallest absolute Gasteiger partial charge is 0.0721 e. The van der Waals surface area contributed by atoms with Gasteiger partial charge in [-0.1, -0.05) is 31.5 Å². The number of ether oxygens (including phenoxy) is 1. The molecule has 0 saturated carbocycles. The third-order valence-corrected chi connectivity index (χ3v) is 2.86. The minimum absolute atomic E-state index is 0.252. The van der Waals surface area contributed by atoms with Crippen molar-refractivity contribution in [3.8, 4) is 0 Å². The molecule has 0 aliphatic rings. The van der Waals surface area contributed by atoms with Gasteiger partial charge in [-0.25, -0.2) is 0 Å². The number of nitrogens with two attached hydrogens (primary N) is 1. The summed E-state index contributed by atoms with van der Waals surface area (Å²) in [6.07, 6.45) is 0.252. The van der Waals surface area contributed by atoms with Crippen LogP contribution in [0.4, 0.5) is 5.69 Å². The lowest BCUT2D eigenvalue weighted by Gasteiger charge is -2.16. The van der Waals surface area contributed by atoms with Crippen LogP contribution in [0.2, 0.25) is 5.02 Å².